The van der Waals surface area contributed by atoms with Crippen LogP contribution in [0.1, 0.15) is 11.4 Å². The molecule has 2 aromatic rings. The Balaban J connectivity index is 2.93. The van der Waals surface area contributed by atoms with Crippen molar-refractivity contribution in [2.45, 2.75) is 13.8 Å². The molecule has 0 spiro atoms. The first kappa shape index (κ1) is 7.28. The molecule has 2 heterocycles. The smallest absolute Gasteiger partial charge is 0.0956 e. The third-order valence-electron chi connectivity index (χ3n) is 2.00. The van der Waals surface area contributed by atoms with Crippen LogP contribution < -0.4 is 0 Å². The van der Waals surface area contributed by atoms with E-state index in [1.807, 2.05) is 37.9 Å². The summed E-state index contributed by atoms with van der Waals surface area (Å²) >= 11 is 0. The van der Waals surface area contributed by atoms with Crippen molar-refractivity contribution < 1.29 is 0 Å². The molecule has 0 aliphatic carbocycles. The van der Waals surface area contributed by atoms with Crippen molar-refractivity contribution in [2.24, 2.45) is 7.05 Å². The number of imidazole rings is 1. The maximum Gasteiger partial charge on any atom is 0.0956 e. The summed E-state index contributed by atoms with van der Waals surface area (Å²) in [5.41, 5.74) is 4.23. The summed E-state index contributed by atoms with van der Waals surface area (Å²) in [6.45, 7) is 4.00. The average molecular weight is 161 g/mol. The summed E-state index contributed by atoms with van der Waals surface area (Å²) in [5.74, 6) is 0. The third-order valence-corrected chi connectivity index (χ3v) is 2.00. The van der Waals surface area contributed by atoms with Crippen LogP contribution in [0.5, 0.6) is 0 Å². The van der Waals surface area contributed by atoms with Gasteiger partial charge in [0.05, 0.1) is 23.1 Å². The molecular formula is C9H11N3. The fourth-order valence-electron chi connectivity index (χ4n) is 1.54. The van der Waals surface area contributed by atoms with Gasteiger partial charge in [-0.05, 0) is 19.9 Å². The van der Waals surface area contributed by atoms with Crippen LogP contribution in [0.15, 0.2) is 12.4 Å². The molecule has 0 N–H and O–H groups in total. The minimum atomic E-state index is 1.03. The molecule has 0 saturated carbocycles. The van der Waals surface area contributed by atoms with E-state index in [1.165, 1.54) is 0 Å². The molecule has 12 heavy (non-hydrogen) atoms. The van der Waals surface area contributed by atoms with E-state index in [2.05, 4.69) is 9.97 Å². The first-order chi connectivity index (χ1) is 5.68. The Bertz CT molecular complexity index is 429. The van der Waals surface area contributed by atoms with Gasteiger partial charge in [0.1, 0.15) is 0 Å². The SMILES string of the molecule is Cc1cc2ncn(C)c2c(C)n1. The number of fused-ring (bicyclic) bond motifs is 1. The number of hydrogen-bond acceptors (Lipinski definition) is 2. The lowest BCUT2D eigenvalue weighted by Crippen LogP contribution is -1.92. The Labute approximate surface area is 71.1 Å². The zero-order valence-electron chi connectivity index (χ0n) is 7.50. The number of aryl methyl sites for hydroxylation is 3. The summed E-state index contributed by atoms with van der Waals surface area (Å²) in [6, 6.07) is 2.00. The minimum Gasteiger partial charge on any atom is -0.332 e. The zero-order valence-corrected chi connectivity index (χ0v) is 7.50. The first-order valence-corrected chi connectivity index (χ1v) is 3.94. The largest absolute Gasteiger partial charge is 0.332 e. The van der Waals surface area contributed by atoms with Gasteiger partial charge in [-0.25, -0.2) is 4.98 Å². The van der Waals surface area contributed by atoms with Crippen LogP contribution in [0, 0.1) is 13.8 Å². The van der Waals surface area contributed by atoms with Crippen LogP contribution in [0.4, 0.5) is 0 Å². The van der Waals surface area contributed by atoms with Crippen molar-refractivity contribution in [1.29, 1.82) is 0 Å². The van der Waals surface area contributed by atoms with E-state index in [9.17, 15) is 0 Å². The normalized spacial score (nSPS) is 10.9. The lowest BCUT2D eigenvalue weighted by molar-refractivity contribution is 0.936. The van der Waals surface area contributed by atoms with Gasteiger partial charge in [0, 0.05) is 12.7 Å². The van der Waals surface area contributed by atoms with Crippen molar-refractivity contribution in [2.75, 3.05) is 0 Å². The average Bonchev–Trinajstić information content (AvgIpc) is 2.31. The van der Waals surface area contributed by atoms with Crippen molar-refractivity contribution in [1.82, 2.24) is 14.5 Å². The van der Waals surface area contributed by atoms with Crippen LogP contribution in [0.3, 0.4) is 0 Å². The molecule has 2 rings (SSSR count). The van der Waals surface area contributed by atoms with Gasteiger partial charge >= 0.3 is 0 Å². The minimum absolute atomic E-state index is 1.03. The van der Waals surface area contributed by atoms with Gasteiger partial charge in [-0.15, -0.1) is 0 Å². The fourth-order valence-corrected chi connectivity index (χ4v) is 1.54. The lowest BCUT2D eigenvalue weighted by Gasteiger charge is -1.99. The zero-order chi connectivity index (χ0) is 8.72. The van der Waals surface area contributed by atoms with Crippen molar-refractivity contribution in [3.8, 4) is 0 Å². The summed E-state index contributed by atoms with van der Waals surface area (Å²) in [5, 5.41) is 0. The highest BCUT2D eigenvalue weighted by Crippen LogP contribution is 2.15. The molecule has 3 heteroatoms. The van der Waals surface area contributed by atoms with E-state index in [4.69, 9.17) is 0 Å². The second-order valence-corrected chi connectivity index (χ2v) is 3.07. The highest BCUT2D eigenvalue weighted by molar-refractivity contribution is 5.77. The maximum atomic E-state index is 4.37. The molecule has 3 nitrogen and oxygen atoms in total. The molecule has 0 aromatic carbocycles. The quantitative estimate of drug-likeness (QED) is 0.587. The number of rotatable bonds is 0. The van der Waals surface area contributed by atoms with Crippen molar-refractivity contribution >= 4 is 11.0 Å². The standard InChI is InChI=1S/C9H11N3/c1-6-4-8-9(7(2)11-6)12(3)5-10-8/h4-5H,1-3H3. The van der Waals surface area contributed by atoms with Crippen LogP contribution >= 0.6 is 0 Å². The van der Waals surface area contributed by atoms with E-state index in [-0.39, 0.29) is 0 Å². The van der Waals surface area contributed by atoms with Gasteiger partial charge in [0.25, 0.3) is 0 Å². The predicted molar refractivity (Wildman–Crippen MR) is 48.0 cm³/mol. The van der Waals surface area contributed by atoms with Crippen molar-refractivity contribution in [3.63, 3.8) is 0 Å². The van der Waals surface area contributed by atoms with E-state index < -0.39 is 0 Å². The topological polar surface area (TPSA) is 30.7 Å². The predicted octanol–water partition coefficient (Wildman–Crippen LogP) is 1.59. The molecule has 62 valence electrons. The molecule has 0 amide bonds. The third kappa shape index (κ3) is 0.897. The summed E-state index contributed by atoms with van der Waals surface area (Å²) in [4.78, 5) is 8.64. The summed E-state index contributed by atoms with van der Waals surface area (Å²) in [7, 11) is 1.99. The van der Waals surface area contributed by atoms with E-state index >= 15 is 0 Å². The molecule has 0 atom stereocenters. The Morgan fingerprint density at radius 3 is 2.83 bits per heavy atom. The van der Waals surface area contributed by atoms with Gasteiger partial charge in [0.15, 0.2) is 0 Å². The highest BCUT2D eigenvalue weighted by Gasteiger charge is 2.03. The number of aromatic nitrogens is 3. The monoisotopic (exact) mass is 161 g/mol. The molecule has 0 aliphatic heterocycles. The molecular weight excluding hydrogens is 150 g/mol. The summed E-state index contributed by atoms with van der Waals surface area (Å²) < 4.78 is 2.00. The van der Waals surface area contributed by atoms with Crippen LogP contribution in [-0.4, -0.2) is 14.5 Å². The second kappa shape index (κ2) is 2.30. The van der Waals surface area contributed by atoms with Gasteiger partial charge in [0.2, 0.25) is 0 Å². The molecule has 0 fully saturated rings. The van der Waals surface area contributed by atoms with E-state index in [0.717, 1.165) is 22.4 Å². The Morgan fingerprint density at radius 1 is 1.33 bits per heavy atom. The van der Waals surface area contributed by atoms with Gasteiger partial charge in [-0.3, -0.25) is 4.98 Å². The second-order valence-electron chi connectivity index (χ2n) is 3.07. The lowest BCUT2D eigenvalue weighted by atomic mass is 10.3. The van der Waals surface area contributed by atoms with Gasteiger partial charge in [-0.2, -0.15) is 0 Å². The number of pyridine rings is 1. The number of hydrogen-bond donors (Lipinski definition) is 0. The van der Waals surface area contributed by atoms with E-state index in [1.54, 1.807) is 0 Å². The van der Waals surface area contributed by atoms with Crippen LogP contribution in [0.25, 0.3) is 11.0 Å². The highest BCUT2D eigenvalue weighted by atomic mass is 15.0. The van der Waals surface area contributed by atoms with E-state index in [0.29, 0.717) is 0 Å². The van der Waals surface area contributed by atoms with Crippen LogP contribution in [0.2, 0.25) is 0 Å². The number of nitrogens with zero attached hydrogens (tertiary/aromatic N) is 3. The molecule has 2 aromatic heterocycles. The summed E-state index contributed by atoms with van der Waals surface area (Å²) in [6.07, 6.45) is 1.82. The maximum absolute atomic E-state index is 4.37. The molecule has 0 unspecified atom stereocenters. The van der Waals surface area contributed by atoms with Crippen molar-refractivity contribution in [3.05, 3.63) is 23.8 Å². The molecule has 0 saturated heterocycles. The van der Waals surface area contributed by atoms with Gasteiger partial charge < -0.3 is 4.57 Å². The molecule has 0 radical (unpaired) electrons. The van der Waals surface area contributed by atoms with Gasteiger partial charge in [-0.1, -0.05) is 0 Å². The fraction of sp³-hybridized carbons (Fsp3) is 0.333. The van der Waals surface area contributed by atoms with Crippen LogP contribution in [-0.2, 0) is 7.05 Å². The Morgan fingerprint density at radius 2 is 2.08 bits per heavy atom. The Kier molecular flexibility index (Phi) is 1.40. The Hall–Kier alpha value is -1.38. The molecule has 0 aliphatic rings. The first-order valence-electron chi connectivity index (χ1n) is 3.94. The molecule has 0 bridgehead atoms.